The number of phenols is 1. The molecule has 9 heteroatoms. The Hall–Kier alpha value is -4.53. The number of aromatic hydroxyl groups is 1. The van der Waals surface area contributed by atoms with Gasteiger partial charge in [-0.05, 0) is 68.1 Å². The Bertz CT molecular complexity index is 1760. The number of carbonyl (C=O) groups excluding carboxylic acids is 2. The van der Waals surface area contributed by atoms with Crippen molar-refractivity contribution < 1.29 is 28.6 Å². The van der Waals surface area contributed by atoms with Crippen molar-refractivity contribution in [3.05, 3.63) is 75.0 Å². The minimum absolute atomic E-state index is 0.0336. The highest BCUT2D eigenvalue weighted by Gasteiger charge is 2.19. The third kappa shape index (κ3) is 4.44. The molecule has 0 saturated carbocycles. The Morgan fingerprint density at radius 1 is 1.03 bits per heavy atom. The molecule has 0 saturated heterocycles. The van der Waals surface area contributed by atoms with E-state index < -0.39 is 23.5 Å². The molecular weight excluding hydrogens is 476 g/mol. The van der Waals surface area contributed by atoms with Crippen molar-refractivity contribution in [1.29, 1.82) is 0 Å². The fourth-order valence-electron chi connectivity index (χ4n) is 4.77. The molecule has 3 aromatic heterocycles. The number of furan rings is 1. The molecular formula is C28H25N2O7-. The highest BCUT2D eigenvalue weighted by Crippen LogP contribution is 2.31. The molecule has 0 unspecified atom stereocenters. The summed E-state index contributed by atoms with van der Waals surface area (Å²) in [7, 11) is 0. The quantitative estimate of drug-likeness (QED) is 0.290. The second kappa shape index (κ2) is 9.16. The van der Waals surface area contributed by atoms with Gasteiger partial charge >= 0.3 is 5.63 Å². The summed E-state index contributed by atoms with van der Waals surface area (Å²) in [5.74, 6) is -1.13. The number of rotatable bonds is 7. The van der Waals surface area contributed by atoms with Crippen molar-refractivity contribution in [2.75, 3.05) is 0 Å². The molecule has 0 aliphatic heterocycles. The summed E-state index contributed by atoms with van der Waals surface area (Å²) in [6, 6.07) is 7.05. The molecule has 5 aromatic rings. The second-order valence-corrected chi connectivity index (χ2v) is 9.31. The van der Waals surface area contributed by atoms with E-state index in [0.717, 1.165) is 27.6 Å². The van der Waals surface area contributed by atoms with E-state index in [4.69, 9.17) is 8.83 Å². The van der Waals surface area contributed by atoms with Crippen LogP contribution in [0.2, 0.25) is 0 Å². The lowest BCUT2D eigenvalue weighted by Gasteiger charge is -2.19. The minimum atomic E-state index is -1.43. The van der Waals surface area contributed by atoms with Crippen molar-refractivity contribution in [1.82, 2.24) is 10.3 Å². The first kappa shape index (κ1) is 24.2. The van der Waals surface area contributed by atoms with Gasteiger partial charge in [-0.15, -0.1) is 0 Å². The lowest BCUT2D eigenvalue weighted by molar-refractivity contribution is -0.308. The highest BCUT2D eigenvalue weighted by molar-refractivity contribution is 5.97. The van der Waals surface area contributed by atoms with Gasteiger partial charge in [-0.3, -0.25) is 4.79 Å². The number of aromatic amines is 1. The van der Waals surface area contributed by atoms with E-state index in [2.05, 4.69) is 10.3 Å². The van der Waals surface area contributed by atoms with E-state index in [0.29, 0.717) is 33.2 Å². The molecule has 190 valence electrons. The van der Waals surface area contributed by atoms with E-state index in [1.807, 2.05) is 19.9 Å². The molecule has 9 nitrogen and oxygen atoms in total. The van der Waals surface area contributed by atoms with Gasteiger partial charge in [0.05, 0.1) is 12.0 Å². The summed E-state index contributed by atoms with van der Waals surface area (Å²) >= 11 is 0. The number of benzene rings is 2. The number of aliphatic carboxylic acids is 1. The predicted octanol–water partition coefficient (Wildman–Crippen LogP) is 3.06. The first-order valence-electron chi connectivity index (χ1n) is 11.9. The topological polar surface area (TPSA) is 149 Å². The van der Waals surface area contributed by atoms with Gasteiger partial charge in [-0.25, -0.2) is 4.79 Å². The number of aromatic nitrogens is 1. The molecule has 0 aliphatic carbocycles. The minimum Gasteiger partial charge on any atom is -0.548 e. The van der Waals surface area contributed by atoms with E-state index in [9.17, 15) is 24.6 Å². The van der Waals surface area contributed by atoms with Crippen LogP contribution >= 0.6 is 0 Å². The van der Waals surface area contributed by atoms with Crippen molar-refractivity contribution in [3.63, 3.8) is 0 Å². The van der Waals surface area contributed by atoms with Crippen molar-refractivity contribution in [3.8, 4) is 5.75 Å². The summed E-state index contributed by atoms with van der Waals surface area (Å²) in [6.07, 6.45) is 1.57. The number of nitrogens with one attached hydrogen (secondary N) is 2. The zero-order chi connectivity index (χ0) is 26.4. The normalized spacial score (nSPS) is 12.4. The molecule has 3 heterocycles. The van der Waals surface area contributed by atoms with E-state index >= 15 is 0 Å². The molecule has 0 aliphatic rings. The van der Waals surface area contributed by atoms with Gasteiger partial charge in [0.1, 0.15) is 22.7 Å². The summed E-state index contributed by atoms with van der Waals surface area (Å²) in [5.41, 5.74) is 3.89. The van der Waals surface area contributed by atoms with Gasteiger partial charge in [0.15, 0.2) is 0 Å². The SMILES string of the molecule is Cc1oc2cc3oc(=O)c(CCC(=O)N[C@@H](Cc4c[nH]c5ccc(O)cc45)C(=O)[O-])c(C)c3cc2c1C. The number of carboxylic acids is 1. The fraction of sp³-hybridized carbons (Fsp3) is 0.250. The predicted molar refractivity (Wildman–Crippen MR) is 135 cm³/mol. The van der Waals surface area contributed by atoms with E-state index in [1.165, 1.54) is 12.1 Å². The maximum Gasteiger partial charge on any atom is 0.339 e. The lowest BCUT2D eigenvalue weighted by Crippen LogP contribution is -2.49. The molecule has 0 fully saturated rings. The summed E-state index contributed by atoms with van der Waals surface area (Å²) in [5, 5.41) is 26.4. The Morgan fingerprint density at radius 3 is 2.51 bits per heavy atom. The van der Waals surface area contributed by atoms with E-state index in [1.54, 1.807) is 25.3 Å². The van der Waals surface area contributed by atoms with Gasteiger partial charge in [0.25, 0.3) is 0 Å². The number of H-pyrrole nitrogens is 1. The van der Waals surface area contributed by atoms with Crippen molar-refractivity contribution >= 4 is 44.7 Å². The average molecular weight is 502 g/mol. The number of hydrogen-bond donors (Lipinski definition) is 3. The zero-order valence-electron chi connectivity index (χ0n) is 20.6. The van der Waals surface area contributed by atoms with Crippen LogP contribution < -0.4 is 16.0 Å². The Kier molecular flexibility index (Phi) is 5.99. The third-order valence-electron chi connectivity index (χ3n) is 6.98. The fourth-order valence-corrected chi connectivity index (χ4v) is 4.77. The van der Waals surface area contributed by atoms with Gasteiger partial charge < -0.3 is 34.1 Å². The van der Waals surface area contributed by atoms with Crippen molar-refractivity contribution in [2.45, 2.75) is 46.1 Å². The van der Waals surface area contributed by atoms with Gasteiger partial charge in [-0.1, -0.05) is 0 Å². The van der Waals surface area contributed by atoms with Crippen LogP contribution in [0.4, 0.5) is 0 Å². The number of carbonyl (C=O) groups is 2. The average Bonchev–Trinajstić information content (AvgIpc) is 3.36. The van der Waals surface area contributed by atoms with Crippen LogP contribution in [0.25, 0.3) is 32.8 Å². The first-order chi connectivity index (χ1) is 17.6. The number of fused-ring (bicyclic) bond motifs is 3. The largest absolute Gasteiger partial charge is 0.548 e. The van der Waals surface area contributed by atoms with Crippen LogP contribution in [-0.2, 0) is 22.4 Å². The van der Waals surface area contributed by atoms with Gasteiger partial charge in [0.2, 0.25) is 5.91 Å². The summed E-state index contributed by atoms with van der Waals surface area (Å²) in [6.45, 7) is 5.63. The Balaban J connectivity index is 1.34. The van der Waals surface area contributed by atoms with Crippen LogP contribution in [0.3, 0.4) is 0 Å². The Labute approximate surface area is 210 Å². The second-order valence-electron chi connectivity index (χ2n) is 9.31. The van der Waals surface area contributed by atoms with Crippen LogP contribution in [0, 0.1) is 20.8 Å². The molecule has 37 heavy (non-hydrogen) atoms. The third-order valence-corrected chi connectivity index (χ3v) is 6.98. The maximum absolute atomic E-state index is 12.7. The monoisotopic (exact) mass is 501 g/mol. The van der Waals surface area contributed by atoms with Crippen molar-refractivity contribution in [2.24, 2.45) is 0 Å². The van der Waals surface area contributed by atoms with Gasteiger partial charge in [0, 0.05) is 52.3 Å². The Morgan fingerprint density at radius 2 is 1.76 bits per heavy atom. The summed E-state index contributed by atoms with van der Waals surface area (Å²) in [4.78, 5) is 40.2. The van der Waals surface area contributed by atoms with Crippen LogP contribution in [0.1, 0.15) is 34.4 Å². The molecule has 0 radical (unpaired) electrons. The molecule has 3 N–H and O–H groups in total. The van der Waals surface area contributed by atoms with Crippen LogP contribution in [0.15, 0.2) is 50.2 Å². The van der Waals surface area contributed by atoms with Crippen LogP contribution in [-0.4, -0.2) is 28.0 Å². The molecule has 0 bridgehead atoms. The van der Waals surface area contributed by atoms with Gasteiger partial charge in [-0.2, -0.15) is 0 Å². The zero-order valence-corrected chi connectivity index (χ0v) is 20.6. The molecule has 1 atom stereocenters. The smallest absolute Gasteiger partial charge is 0.339 e. The van der Waals surface area contributed by atoms with E-state index in [-0.39, 0.29) is 25.0 Å². The number of carboxylic acid groups (broad SMARTS) is 1. The maximum atomic E-state index is 12.7. The molecule has 2 aromatic carbocycles. The summed E-state index contributed by atoms with van der Waals surface area (Å²) < 4.78 is 11.3. The number of phenolic OH excluding ortho intramolecular Hbond substituents is 1. The number of aryl methyl sites for hydroxylation is 3. The number of hydrogen-bond acceptors (Lipinski definition) is 7. The lowest BCUT2D eigenvalue weighted by atomic mass is 10.00. The molecule has 0 spiro atoms. The molecule has 5 rings (SSSR count). The molecule has 1 amide bonds. The highest BCUT2D eigenvalue weighted by atomic mass is 16.4. The van der Waals surface area contributed by atoms with Crippen LogP contribution in [0.5, 0.6) is 5.75 Å². The number of amides is 1. The first-order valence-corrected chi connectivity index (χ1v) is 11.9. The standard InChI is InChI=1S/C28H26N2O7/c1-13-15(3)36-24-11-25-20(10-19(13)24)14(2)18(28(35)37-25)5-7-26(32)30-23(27(33)34)8-16-12-29-22-6-4-17(31)9-21(16)22/h4,6,9-12,23,29,31H,5,7-8H2,1-3H3,(H,30,32)(H,33,34)/p-1/t23-/m0/s1.